The maximum atomic E-state index is 12.7. The number of hydrogen-bond donors (Lipinski definition) is 1. The summed E-state index contributed by atoms with van der Waals surface area (Å²) in [6.45, 7) is 12.1. The molecule has 0 aromatic carbocycles. The quantitative estimate of drug-likeness (QED) is 0.0566. The molecule has 0 unspecified atom stereocenters. The molecule has 262 valence electrons. The first-order valence-corrected chi connectivity index (χ1v) is 19.1. The maximum absolute atomic E-state index is 12.7. The molecule has 0 aromatic rings. The van der Waals surface area contributed by atoms with Gasteiger partial charge >= 0.3 is 11.9 Å². The molecule has 0 saturated heterocycles. The van der Waals surface area contributed by atoms with Gasteiger partial charge in [-0.1, -0.05) is 118 Å². The predicted octanol–water partition coefficient (Wildman–Crippen LogP) is 10.2. The lowest BCUT2D eigenvalue weighted by Crippen LogP contribution is -2.29. The van der Waals surface area contributed by atoms with Crippen molar-refractivity contribution in [1.82, 2.24) is 4.90 Å². The van der Waals surface area contributed by atoms with Gasteiger partial charge in [-0.25, -0.2) is 0 Å². The Labute approximate surface area is 273 Å². The van der Waals surface area contributed by atoms with Crippen molar-refractivity contribution in [2.75, 3.05) is 32.8 Å². The summed E-state index contributed by atoms with van der Waals surface area (Å²) in [6, 6.07) is 0. The minimum absolute atomic E-state index is 0.0236. The van der Waals surface area contributed by atoms with Crippen molar-refractivity contribution in [2.45, 2.75) is 194 Å². The zero-order valence-corrected chi connectivity index (χ0v) is 29.9. The normalized spacial score (nSPS) is 11.6. The molecule has 0 rings (SSSR count). The van der Waals surface area contributed by atoms with E-state index in [2.05, 4.69) is 32.6 Å². The summed E-state index contributed by atoms with van der Waals surface area (Å²) in [7, 11) is 0. The number of esters is 2. The van der Waals surface area contributed by atoms with Gasteiger partial charge in [0.05, 0.1) is 13.2 Å². The topological polar surface area (TPSA) is 76.1 Å². The lowest BCUT2D eigenvalue weighted by Gasteiger charge is -2.21. The molecule has 0 aromatic heterocycles. The number of aliphatic hydroxyl groups is 1. The van der Waals surface area contributed by atoms with Gasteiger partial charge in [-0.3, -0.25) is 9.59 Å². The van der Waals surface area contributed by atoms with Gasteiger partial charge < -0.3 is 19.5 Å². The number of aliphatic hydroxyl groups excluding tert-OH is 1. The van der Waals surface area contributed by atoms with Crippen LogP contribution < -0.4 is 0 Å². The first-order valence-electron chi connectivity index (χ1n) is 19.1. The number of hydrogen-bond acceptors (Lipinski definition) is 6. The largest absolute Gasteiger partial charge is 0.466 e. The zero-order chi connectivity index (χ0) is 32.5. The number of rotatable bonds is 34. The molecule has 0 bridgehead atoms. The van der Waals surface area contributed by atoms with E-state index in [4.69, 9.17) is 9.47 Å². The first kappa shape index (κ1) is 42.9. The van der Waals surface area contributed by atoms with Crippen LogP contribution in [0, 0.1) is 5.92 Å². The van der Waals surface area contributed by atoms with E-state index in [1.807, 2.05) is 0 Å². The molecule has 6 heteroatoms. The summed E-state index contributed by atoms with van der Waals surface area (Å²) in [4.78, 5) is 26.8. The monoisotopic (exact) mass is 626 g/mol. The third kappa shape index (κ3) is 30.9. The van der Waals surface area contributed by atoms with E-state index in [-0.39, 0.29) is 24.6 Å². The van der Waals surface area contributed by atoms with Gasteiger partial charge in [0, 0.05) is 19.4 Å². The standard InChI is InChI=1S/C38H75NO5/c1-5-7-9-11-15-19-25-36(26-20-16-12-10-8-6-2)44-38(42)28-22-24-31-39(32-33-40)30-23-18-14-13-17-21-27-37(41)43-34-29-35(3)4/h35-36,40H,5-34H2,1-4H3. The van der Waals surface area contributed by atoms with Crippen LogP contribution in [-0.2, 0) is 19.1 Å². The molecule has 0 amide bonds. The molecular weight excluding hydrogens is 550 g/mol. The predicted molar refractivity (Wildman–Crippen MR) is 186 cm³/mol. The third-order valence-corrected chi connectivity index (χ3v) is 8.64. The lowest BCUT2D eigenvalue weighted by atomic mass is 10.0. The maximum Gasteiger partial charge on any atom is 0.306 e. The second-order valence-corrected chi connectivity index (χ2v) is 13.5. The van der Waals surface area contributed by atoms with Crippen LogP contribution in [0.1, 0.15) is 188 Å². The zero-order valence-electron chi connectivity index (χ0n) is 29.9. The SMILES string of the molecule is CCCCCCCCC(CCCCCCCC)OC(=O)CCCCN(CCO)CCCCCCCCC(=O)OCCC(C)C. The van der Waals surface area contributed by atoms with Gasteiger partial charge in [0.25, 0.3) is 0 Å². The molecule has 0 aliphatic carbocycles. The number of unbranched alkanes of at least 4 members (excludes halogenated alkanes) is 16. The van der Waals surface area contributed by atoms with Crippen LogP contribution in [-0.4, -0.2) is 60.9 Å². The molecule has 1 N–H and O–H groups in total. The molecule has 0 aliphatic rings. The second kappa shape index (κ2) is 33.2. The van der Waals surface area contributed by atoms with Gasteiger partial charge in [-0.05, 0) is 76.8 Å². The fourth-order valence-corrected chi connectivity index (χ4v) is 5.69. The molecule has 44 heavy (non-hydrogen) atoms. The Hall–Kier alpha value is -1.14. The highest BCUT2D eigenvalue weighted by atomic mass is 16.5. The highest BCUT2D eigenvalue weighted by Gasteiger charge is 2.15. The molecule has 0 saturated carbocycles. The second-order valence-electron chi connectivity index (χ2n) is 13.5. The van der Waals surface area contributed by atoms with Crippen molar-refractivity contribution in [2.24, 2.45) is 5.92 Å². The fraction of sp³-hybridized carbons (Fsp3) is 0.947. The molecule has 0 heterocycles. The van der Waals surface area contributed by atoms with E-state index < -0.39 is 0 Å². The third-order valence-electron chi connectivity index (χ3n) is 8.64. The summed E-state index contributed by atoms with van der Waals surface area (Å²) < 4.78 is 11.3. The van der Waals surface area contributed by atoms with E-state index >= 15 is 0 Å². The Morgan fingerprint density at radius 3 is 1.57 bits per heavy atom. The van der Waals surface area contributed by atoms with Crippen LogP contribution in [0.4, 0.5) is 0 Å². The van der Waals surface area contributed by atoms with Gasteiger partial charge in [0.1, 0.15) is 6.10 Å². The van der Waals surface area contributed by atoms with Crippen LogP contribution in [0.25, 0.3) is 0 Å². The van der Waals surface area contributed by atoms with E-state index in [1.54, 1.807) is 0 Å². The van der Waals surface area contributed by atoms with Crippen molar-refractivity contribution in [1.29, 1.82) is 0 Å². The molecular formula is C38H75NO5. The van der Waals surface area contributed by atoms with Crippen molar-refractivity contribution in [3.63, 3.8) is 0 Å². The minimum atomic E-state index is -0.0558. The Balaban J connectivity index is 4.11. The molecule has 0 atom stereocenters. The Morgan fingerprint density at radius 2 is 1.02 bits per heavy atom. The van der Waals surface area contributed by atoms with Gasteiger partial charge in [-0.15, -0.1) is 0 Å². The number of carbonyl (C=O) groups is 2. The fourth-order valence-electron chi connectivity index (χ4n) is 5.69. The van der Waals surface area contributed by atoms with Crippen LogP contribution in [0.5, 0.6) is 0 Å². The van der Waals surface area contributed by atoms with Crippen LogP contribution in [0.2, 0.25) is 0 Å². The lowest BCUT2D eigenvalue weighted by molar-refractivity contribution is -0.150. The van der Waals surface area contributed by atoms with Crippen molar-refractivity contribution in [3.8, 4) is 0 Å². The molecule has 6 nitrogen and oxygen atoms in total. The van der Waals surface area contributed by atoms with Crippen molar-refractivity contribution < 1.29 is 24.2 Å². The number of carbonyl (C=O) groups excluding carboxylic acids is 2. The van der Waals surface area contributed by atoms with Crippen LogP contribution in [0.15, 0.2) is 0 Å². The Bertz CT molecular complexity index is 610. The summed E-state index contributed by atoms with van der Waals surface area (Å²) in [5.74, 6) is 0.487. The molecule has 0 fully saturated rings. The summed E-state index contributed by atoms with van der Waals surface area (Å²) in [5, 5.41) is 9.51. The molecule has 0 radical (unpaired) electrons. The summed E-state index contributed by atoms with van der Waals surface area (Å²) >= 11 is 0. The van der Waals surface area contributed by atoms with E-state index in [1.165, 1.54) is 89.9 Å². The van der Waals surface area contributed by atoms with Crippen molar-refractivity contribution >= 4 is 11.9 Å². The minimum Gasteiger partial charge on any atom is -0.466 e. The Morgan fingerprint density at radius 1 is 0.568 bits per heavy atom. The first-order chi connectivity index (χ1) is 21.4. The average Bonchev–Trinajstić information content (AvgIpc) is 2.99. The Kier molecular flexibility index (Phi) is 32.4. The number of nitrogens with zero attached hydrogens (tertiary/aromatic N) is 1. The average molecular weight is 626 g/mol. The smallest absolute Gasteiger partial charge is 0.306 e. The number of ether oxygens (including phenoxy) is 2. The highest BCUT2D eigenvalue weighted by Crippen LogP contribution is 2.18. The van der Waals surface area contributed by atoms with Gasteiger partial charge in [0.2, 0.25) is 0 Å². The summed E-state index contributed by atoms with van der Waals surface area (Å²) in [5.41, 5.74) is 0. The van der Waals surface area contributed by atoms with E-state index in [0.717, 1.165) is 70.9 Å². The summed E-state index contributed by atoms with van der Waals surface area (Å²) in [6.07, 6.45) is 27.8. The van der Waals surface area contributed by atoms with E-state index in [9.17, 15) is 14.7 Å². The van der Waals surface area contributed by atoms with Gasteiger partial charge in [-0.2, -0.15) is 0 Å². The van der Waals surface area contributed by atoms with Crippen LogP contribution >= 0.6 is 0 Å². The highest BCUT2D eigenvalue weighted by molar-refractivity contribution is 5.69. The molecule has 0 spiro atoms. The molecule has 0 aliphatic heterocycles. The van der Waals surface area contributed by atoms with Gasteiger partial charge in [0.15, 0.2) is 0 Å². The van der Waals surface area contributed by atoms with E-state index in [0.29, 0.717) is 31.9 Å². The van der Waals surface area contributed by atoms with Crippen LogP contribution in [0.3, 0.4) is 0 Å². The van der Waals surface area contributed by atoms with Crippen molar-refractivity contribution in [3.05, 3.63) is 0 Å².